The normalized spacial score (nSPS) is 12.8. The summed E-state index contributed by atoms with van der Waals surface area (Å²) in [4.78, 5) is 25.9. The fraction of sp³-hybridized carbons (Fsp3) is 0.300. The van der Waals surface area contributed by atoms with Crippen LogP contribution < -0.4 is 15.5 Å². The van der Waals surface area contributed by atoms with Crippen molar-refractivity contribution in [3.8, 4) is 0 Å². The van der Waals surface area contributed by atoms with Gasteiger partial charge in [0.15, 0.2) is 0 Å². The molecule has 0 aromatic heterocycles. The fourth-order valence-electron chi connectivity index (χ4n) is 3.10. The summed E-state index contributed by atoms with van der Waals surface area (Å²) in [5, 5.41) is 6.23. The van der Waals surface area contributed by atoms with Crippen LogP contribution in [0.5, 0.6) is 0 Å². The van der Waals surface area contributed by atoms with Crippen molar-refractivity contribution in [2.45, 2.75) is 26.8 Å². The molecule has 0 saturated carbocycles. The van der Waals surface area contributed by atoms with Gasteiger partial charge in [-0.05, 0) is 54.4 Å². The van der Waals surface area contributed by atoms with Crippen molar-refractivity contribution in [1.82, 2.24) is 5.32 Å². The Kier molecular flexibility index (Phi) is 5.14. The second kappa shape index (κ2) is 7.49. The molecule has 2 amide bonds. The molecular formula is C20H23N3O2. The first kappa shape index (κ1) is 17.2. The number of carbonyl (C=O) groups excluding carboxylic acids is 2. The van der Waals surface area contributed by atoms with Crippen LogP contribution in [0.1, 0.15) is 35.3 Å². The highest BCUT2D eigenvalue weighted by molar-refractivity contribution is 6.05. The predicted molar refractivity (Wildman–Crippen MR) is 99.9 cm³/mol. The highest BCUT2D eigenvalue weighted by Gasteiger charge is 2.23. The second-order valence-electron chi connectivity index (χ2n) is 6.20. The van der Waals surface area contributed by atoms with Gasteiger partial charge in [0.05, 0.1) is 0 Å². The summed E-state index contributed by atoms with van der Waals surface area (Å²) >= 11 is 0. The molecule has 2 N–H and O–H groups in total. The van der Waals surface area contributed by atoms with E-state index in [2.05, 4.69) is 17.6 Å². The number of rotatable bonds is 5. The Morgan fingerprint density at radius 2 is 2.00 bits per heavy atom. The topological polar surface area (TPSA) is 61.4 Å². The standard InChI is InChI=1S/C20H23N3O2/c1-3-21-13-15-5-4-6-18(11-15)22-20(25)17-7-8-19-16(12-17)9-10-23(19)14(2)24/h4-8,11-12,21H,3,9-10,13H2,1-2H3,(H,22,25). The van der Waals surface area contributed by atoms with Crippen molar-refractivity contribution in [1.29, 1.82) is 0 Å². The third kappa shape index (κ3) is 3.88. The number of amides is 2. The summed E-state index contributed by atoms with van der Waals surface area (Å²) < 4.78 is 0. The lowest BCUT2D eigenvalue weighted by atomic mass is 10.1. The Morgan fingerprint density at radius 3 is 2.76 bits per heavy atom. The first-order valence-electron chi connectivity index (χ1n) is 8.60. The zero-order valence-electron chi connectivity index (χ0n) is 14.6. The number of carbonyl (C=O) groups is 2. The average Bonchev–Trinajstić information content (AvgIpc) is 3.03. The minimum Gasteiger partial charge on any atom is -0.322 e. The van der Waals surface area contributed by atoms with Crippen LogP contribution in [0, 0.1) is 0 Å². The Balaban J connectivity index is 1.73. The van der Waals surface area contributed by atoms with E-state index in [0.717, 1.165) is 42.0 Å². The Hall–Kier alpha value is -2.66. The molecule has 2 aromatic rings. The SMILES string of the molecule is CCNCc1cccc(NC(=O)c2ccc3c(c2)CCN3C(C)=O)c1. The molecule has 130 valence electrons. The smallest absolute Gasteiger partial charge is 0.255 e. The van der Waals surface area contributed by atoms with E-state index in [-0.39, 0.29) is 11.8 Å². The molecule has 2 aromatic carbocycles. The molecular weight excluding hydrogens is 314 g/mol. The molecule has 3 rings (SSSR count). The van der Waals surface area contributed by atoms with E-state index < -0.39 is 0 Å². The monoisotopic (exact) mass is 337 g/mol. The molecule has 0 aliphatic carbocycles. The van der Waals surface area contributed by atoms with Gasteiger partial charge in [0, 0.05) is 37.0 Å². The van der Waals surface area contributed by atoms with Gasteiger partial charge < -0.3 is 15.5 Å². The van der Waals surface area contributed by atoms with E-state index in [1.54, 1.807) is 17.9 Å². The maximum absolute atomic E-state index is 12.5. The zero-order chi connectivity index (χ0) is 17.8. The average molecular weight is 337 g/mol. The summed E-state index contributed by atoms with van der Waals surface area (Å²) in [6.07, 6.45) is 0.786. The summed E-state index contributed by atoms with van der Waals surface area (Å²) in [6.45, 7) is 5.99. The van der Waals surface area contributed by atoms with E-state index in [1.807, 2.05) is 36.4 Å². The van der Waals surface area contributed by atoms with E-state index in [0.29, 0.717) is 12.1 Å². The summed E-state index contributed by atoms with van der Waals surface area (Å²) in [5.74, 6) is -0.0990. The van der Waals surface area contributed by atoms with Crippen LogP contribution in [0.25, 0.3) is 0 Å². The lowest BCUT2D eigenvalue weighted by molar-refractivity contribution is -0.116. The van der Waals surface area contributed by atoms with Crippen molar-refractivity contribution >= 4 is 23.2 Å². The van der Waals surface area contributed by atoms with Gasteiger partial charge in [-0.3, -0.25) is 9.59 Å². The van der Waals surface area contributed by atoms with Crippen LogP contribution in [0.15, 0.2) is 42.5 Å². The van der Waals surface area contributed by atoms with Crippen molar-refractivity contribution in [2.24, 2.45) is 0 Å². The summed E-state index contributed by atoms with van der Waals surface area (Å²) in [5.41, 5.74) is 4.48. The molecule has 0 atom stereocenters. The van der Waals surface area contributed by atoms with E-state index in [9.17, 15) is 9.59 Å². The van der Waals surface area contributed by atoms with Crippen molar-refractivity contribution in [3.05, 3.63) is 59.2 Å². The van der Waals surface area contributed by atoms with Crippen LogP contribution in [0.2, 0.25) is 0 Å². The lowest BCUT2D eigenvalue weighted by Gasteiger charge is -2.15. The molecule has 0 bridgehead atoms. The second-order valence-corrected chi connectivity index (χ2v) is 6.20. The molecule has 1 aliphatic heterocycles. The molecule has 0 radical (unpaired) electrons. The number of nitrogens with one attached hydrogen (secondary N) is 2. The van der Waals surface area contributed by atoms with E-state index in [4.69, 9.17) is 0 Å². The maximum Gasteiger partial charge on any atom is 0.255 e. The number of hydrogen-bond donors (Lipinski definition) is 2. The molecule has 5 nitrogen and oxygen atoms in total. The molecule has 0 unspecified atom stereocenters. The third-order valence-electron chi connectivity index (χ3n) is 4.38. The van der Waals surface area contributed by atoms with Crippen LogP contribution in [0.4, 0.5) is 11.4 Å². The van der Waals surface area contributed by atoms with Crippen LogP contribution in [0.3, 0.4) is 0 Å². The van der Waals surface area contributed by atoms with Gasteiger partial charge >= 0.3 is 0 Å². The molecule has 0 fully saturated rings. The number of fused-ring (bicyclic) bond motifs is 1. The zero-order valence-corrected chi connectivity index (χ0v) is 14.6. The van der Waals surface area contributed by atoms with Crippen LogP contribution in [-0.4, -0.2) is 24.9 Å². The Bertz CT molecular complexity index is 801. The van der Waals surface area contributed by atoms with E-state index in [1.165, 1.54) is 0 Å². The molecule has 1 aliphatic rings. The maximum atomic E-state index is 12.5. The first-order chi connectivity index (χ1) is 12.1. The first-order valence-corrected chi connectivity index (χ1v) is 8.60. The minimum absolute atomic E-state index is 0.0356. The minimum atomic E-state index is -0.135. The fourth-order valence-corrected chi connectivity index (χ4v) is 3.10. The number of anilines is 2. The summed E-state index contributed by atoms with van der Waals surface area (Å²) in [6, 6.07) is 13.4. The van der Waals surface area contributed by atoms with Gasteiger partial charge in [0.1, 0.15) is 0 Å². The molecule has 0 spiro atoms. The number of hydrogen-bond acceptors (Lipinski definition) is 3. The number of benzene rings is 2. The van der Waals surface area contributed by atoms with Gasteiger partial charge in [-0.1, -0.05) is 19.1 Å². The molecule has 1 heterocycles. The predicted octanol–water partition coefficient (Wildman–Crippen LogP) is 2.96. The van der Waals surface area contributed by atoms with Gasteiger partial charge in [-0.2, -0.15) is 0 Å². The Morgan fingerprint density at radius 1 is 1.16 bits per heavy atom. The third-order valence-corrected chi connectivity index (χ3v) is 4.38. The van der Waals surface area contributed by atoms with Crippen molar-refractivity contribution in [3.63, 3.8) is 0 Å². The highest BCUT2D eigenvalue weighted by Crippen LogP contribution is 2.29. The highest BCUT2D eigenvalue weighted by atomic mass is 16.2. The number of nitrogens with zero attached hydrogens (tertiary/aromatic N) is 1. The lowest BCUT2D eigenvalue weighted by Crippen LogP contribution is -2.25. The Labute approximate surface area is 148 Å². The van der Waals surface area contributed by atoms with Gasteiger partial charge in [0.25, 0.3) is 5.91 Å². The van der Waals surface area contributed by atoms with Gasteiger partial charge in [0.2, 0.25) is 5.91 Å². The van der Waals surface area contributed by atoms with E-state index >= 15 is 0 Å². The van der Waals surface area contributed by atoms with Crippen LogP contribution >= 0.6 is 0 Å². The quantitative estimate of drug-likeness (QED) is 0.882. The van der Waals surface area contributed by atoms with Crippen molar-refractivity contribution in [2.75, 3.05) is 23.3 Å². The largest absolute Gasteiger partial charge is 0.322 e. The molecule has 0 saturated heterocycles. The molecule has 25 heavy (non-hydrogen) atoms. The molecule has 5 heteroatoms. The van der Waals surface area contributed by atoms with Gasteiger partial charge in [-0.15, -0.1) is 0 Å². The van der Waals surface area contributed by atoms with Crippen LogP contribution in [-0.2, 0) is 17.8 Å². The summed E-state index contributed by atoms with van der Waals surface area (Å²) in [7, 11) is 0. The van der Waals surface area contributed by atoms with Crippen molar-refractivity contribution < 1.29 is 9.59 Å². The van der Waals surface area contributed by atoms with Gasteiger partial charge in [-0.25, -0.2) is 0 Å².